The number of carbonyl (C=O) groups is 1. The second kappa shape index (κ2) is 9.63. The van der Waals surface area contributed by atoms with Gasteiger partial charge in [-0.05, 0) is 56.7 Å². The zero-order valence-corrected chi connectivity index (χ0v) is 19.6. The highest BCUT2D eigenvalue weighted by atomic mass is 16.5. The van der Waals surface area contributed by atoms with Crippen molar-refractivity contribution in [1.29, 1.82) is 0 Å². The first kappa shape index (κ1) is 22.7. The Labute approximate surface area is 201 Å². The molecule has 0 unspecified atom stereocenters. The van der Waals surface area contributed by atoms with E-state index >= 15 is 0 Å². The molecular formula is C26H25N5O4. The van der Waals surface area contributed by atoms with Crippen LogP contribution in [0.2, 0.25) is 0 Å². The third-order valence-corrected chi connectivity index (χ3v) is 5.76. The first-order valence-corrected chi connectivity index (χ1v) is 11.6. The zero-order valence-electron chi connectivity index (χ0n) is 19.6. The van der Waals surface area contributed by atoms with Crippen molar-refractivity contribution >= 4 is 39.2 Å². The van der Waals surface area contributed by atoms with E-state index in [1.807, 2.05) is 35.8 Å². The summed E-state index contributed by atoms with van der Waals surface area (Å²) < 4.78 is 13.9. The summed E-state index contributed by atoms with van der Waals surface area (Å²) in [6.45, 7) is 5.71. The van der Waals surface area contributed by atoms with Crippen LogP contribution in [-0.2, 0) is 16.0 Å². The van der Waals surface area contributed by atoms with Crippen LogP contribution in [0.3, 0.4) is 0 Å². The molecule has 0 fully saturated rings. The number of esters is 1. The summed E-state index contributed by atoms with van der Waals surface area (Å²) in [5, 5.41) is 0.409. The van der Waals surface area contributed by atoms with Crippen LogP contribution in [0.4, 0.5) is 0 Å². The lowest BCUT2D eigenvalue weighted by Gasteiger charge is -2.09. The van der Waals surface area contributed by atoms with Gasteiger partial charge < -0.3 is 9.47 Å². The Kier molecular flexibility index (Phi) is 6.24. The summed E-state index contributed by atoms with van der Waals surface area (Å²) in [4.78, 5) is 39.9. The molecule has 9 nitrogen and oxygen atoms in total. The van der Waals surface area contributed by atoms with Crippen LogP contribution in [-0.4, -0.2) is 49.9 Å². The number of aryl methyl sites for hydroxylation is 1. The standard InChI is InChI=1S/C26H25N5O4/c1-3-34-15-7-14-30-16-27-23-21(25(30)32)22-24(29-20-9-6-5-8-19(20)28-22)31(23)18-12-10-17(11-13-18)26(33)35-4-2/h5-6,8-13,16H,3-4,7,14-15H2,1-2H3. The summed E-state index contributed by atoms with van der Waals surface area (Å²) in [6, 6.07) is 14.5. The lowest BCUT2D eigenvalue weighted by Crippen LogP contribution is -2.21. The molecule has 0 N–H and O–H groups in total. The number of aromatic nitrogens is 5. The highest BCUT2D eigenvalue weighted by Gasteiger charge is 2.21. The number of benzene rings is 2. The van der Waals surface area contributed by atoms with Crippen molar-refractivity contribution in [2.75, 3.05) is 19.8 Å². The predicted octanol–water partition coefficient (Wildman–Crippen LogP) is 3.89. The number of rotatable bonds is 8. The molecule has 0 bridgehead atoms. The normalized spacial score (nSPS) is 11.5. The molecule has 35 heavy (non-hydrogen) atoms. The van der Waals surface area contributed by atoms with Crippen molar-refractivity contribution in [3.05, 3.63) is 70.8 Å². The molecule has 0 aliphatic heterocycles. The quantitative estimate of drug-likeness (QED) is 0.250. The van der Waals surface area contributed by atoms with Crippen molar-refractivity contribution < 1.29 is 14.3 Å². The minimum absolute atomic E-state index is 0.178. The molecule has 3 heterocycles. The minimum Gasteiger partial charge on any atom is -0.462 e. The average Bonchev–Trinajstić information content (AvgIpc) is 3.20. The molecule has 5 rings (SSSR count). The largest absolute Gasteiger partial charge is 0.462 e. The Morgan fingerprint density at radius 1 is 0.943 bits per heavy atom. The van der Waals surface area contributed by atoms with Gasteiger partial charge in [0.25, 0.3) is 5.56 Å². The molecular weight excluding hydrogens is 446 g/mol. The van der Waals surface area contributed by atoms with Gasteiger partial charge in [0.05, 0.1) is 29.5 Å². The van der Waals surface area contributed by atoms with E-state index in [1.54, 1.807) is 42.1 Å². The van der Waals surface area contributed by atoms with Crippen LogP contribution in [0, 0.1) is 0 Å². The molecule has 0 aliphatic carbocycles. The maximum absolute atomic E-state index is 13.5. The van der Waals surface area contributed by atoms with Gasteiger partial charge in [0, 0.05) is 25.4 Å². The molecule has 3 aromatic heterocycles. The van der Waals surface area contributed by atoms with Gasteiger partial charge in [0.15, 0.2) is 11.3 Å². The Bertz CT molecular complexity index is 1590. The molecule has 2 aromatic carbocycles. The highest BCUT2D eigenvalue weighted by molar-refractivity contribution is 6.05. The third-order valence-electron chi connectivity index (χ3n) is 5.76. The van der Waals surface area contributed by atoms with E-state index in [0.717, 1.165) is 0 Å². The van der Waals surface area contributed by atoms with Crippen LogP contribution >= 0.6 is 0 Å². The Morgan fingerprint density at radius 3 is 2.40 bits per heavy atom. The highest BCUT2D eigenvalue weighted by Crippen LogP contribution is 2.28. The third kappa shape index (κ3) is 4.15. The SMILES string of the molecule is CCOCCCn1cnc2c(c1=O)c1nc3ccccc3nc1n2-c1ccc(C(=O)OCC)cc1. The number of ether oxygens (including phenoxy) is 2. The van der Waals surface area contributed by atoms with Crippen molar-refractivity contribution in [2.45, 2.75) is 26.8 Å². The van der Waals surface area contributed by atoms with Gasteiger partial charge in [-0.2, -0.15) is 0 Å². The first-order chi connectivity index (χ1) is 17.1. The maximum Gasteiger partial charge on any atom is 0.338 e. The van der Waals surface area contributed by atoms with Gasteiger partial charge in [0.1, 0.15) is 10.9 Å². The molecule has 0 aliphatic rings. The van der Waals surface area contributed by atoms with E-state index < -0.39 is 0 Å². The Hall–Kier alpha value is -4.11. The summed E-state index contributed by atoms with van der Waals surface area (Å²) >= 11 is 0. The van der Waals surface area contributed by atoms with Crippen molar-refractivity contribution in [2.24, 2.45) is 0 Å². The summed E-state index contributed by atoms with van der Waals surface area (Å²) in [6.07, 6.45) is 2.25. The molecule has 0 atom stereocenters. The predicted molar refractivity (Wildman–Crippen MR) is 133 cm³/mol. The fraction of sp³-hybridized carbons (Fsp3) is 0.269. The monoisotopic (exact) mass is 471 g/mol. The molecule has 9 heteroatoms. The first-order valence-electron chi connectivity index (χ1n) is 11.6. The Balaban J connectivity index is 1.71. The fourth-order valence-electron chi connectivity index (χ4n) is 4.12. The Morgan fingerprint density at radius 2 is 1.69 bits per heavy atom. The molecule has 0 saturated carbocycles. The second-order valence-corrected chi connectivity index (χ2v) is 7.98. The summed E-state index contributed by atoms with van der Waals surface area (Å²) in [5.41, 5.74) is 3.87. The molecule has 5 aromatic rings. The smallest absolute Gasteiger partial charge is 0.338 e. The molecule has 0 radical (unpaired) electrons. The zero-order chi connectivity index (χ0) is 24.4. The fourth-order valence-corrected chi connectivity index (χ4v) is 4.12. The maximum atomic E-state index is 13.5. The van der Waals surface area contributed by atoms with Gasteiger partial charge >= 0.3 is 5.97 Å². The number of para-hydroxylation sites is 2. The molecule has 0 saturated heterocycles. The van der Waals surface area contributed by atoms with Crippen LogP contribution in [0.5, 0.6) is 0 Å². The van der Waals surface area contributed by atoms with Crippen molar-refractivity contribution in [1.82, 2.24) is 24.1 Å². The number of carbonyl (C=O) groups excluding carboxylic acids is 1. The van der Waals surface area contributed by atoms with Gasteiger partial charge in [0.2, 0.25) is 0 Å². The van der Waals surface area contributed by atoms with E-state index in [0.29, 0.717) is 77.3 Å². The van der Waals surface area contributed by atoms with Gasteiger partial charge in [-0.15, -0.1) is 0 Å². The molecule has 0 spiro atoms. The van der Waals surface area contributed by atoms with Gasteiger partial charge in [-0.25, -0.2) is 19.7 Å². The van der Waals surface area contributed by atoms with E-state index in [9.17, 15) is 9.59 Å². The van der Waals surface area contributed by atoms with E-state index in [1.165, 1.54) is 0 Å². The van der Waals surface area contributed by atoms with Crippen LogP contribution in [0.25, 0.3) is 38.9 Å². The number of nitrogens with zero attached hydrogens (tertiary/aromatic N) is 5. The summed E-state index contributed by atoms with van der Waals surface area (Å²) in [7, 11) is 0. The topological polar surface area (TPSA) is 101 Å². The molecule has 0 amide bonds. The minimum atomic E-state index is -0.389. The lowest BCUT2D eigenvalue weighted by molar-refractivity contribution is 0.0526. The van der Waals surface area contributed by atoms with Crippen LogP contribution in [0.15, 0.2) is 59.7 Å². The number of fused-ring (bicyclic) bond motifs is 4. The van der Waals surface area contributed by atoms with E-state index in [4.69, 9.17) is 19.4 Å². The van der Waals surface area contributed by atoms with Gasteiger partial charge in [-0.1, -0.05) is 12.1 Å². The van der Waals surface area contributed by atoms with Gasteiger partial charge in [-0.3, -0.25) is 13.9 Å². The van der Waals surface area contributed by atoms with Crippen LogP contribution in [0.1, 0.15) is 30.6 Å². The number of hydrogen-bond donors (Lipinski definition) is 0. The van der Waals surface area contributed by atoms with Crippen molar-refractivity contribution in [3.63, 3.8) is 0 Å². The second-order valence-electron chi connectivity index (χ2n) is 7.98. The molecule has 178 valence electrons. The summed E-state index contributed by atoms with van der Waals surface area (Å²) in [5.74, 6) is -0.389. The van der Waals surface area contributed by atoms with E-state index in [-0.39, 0.29) is 11.5 Å². The van der Waals surface area contributed by atoms with E-state index in [2.05, 4.69) is 4.98 Å². The van der Waals surface area contributed by atoms with Crippen LogP contribution < -0.4 is 5.56 Å². The average molecular weight is 472 g/mol. The lowest BCUT2D eigenvalue weighted by atomic mass is 10.2. The number of hydrogen-bond acceptors (Lipinski definition) is 7. The van der Waals surface area contributed by atoms with Crippen molar-refractivity contribution in [3.8, 4) is 5.69 Å².